The number of likely N-dealkylation sites (tertiary alicyclic amines) is 1. The van der Waals surface area contributed by atoms with Crippen LogP contribution in [0.5, 0.6) is 5.75 Å². The number of carbonyl (C=O) groups excluding carboxylic acids is 2. The van der Waals surface area contributed by atoms with E-state index in [-0.39, 0.29) is 17.4 Å². The number of hydrogen-bond acceptors (Lipinski definition) is 4. The molecule has 1 aliphatic heterocycles. The predicted octanol–water partition coefficient (Wildman–Crippen LogP) is 5.00. The molecule has 2 aliphatic carbocycles. The van der Waals surface area contributed by atoms with Gasteiger partial charge < -0.3 is 9.47 Å². The number of nitrogens with zero attached hydrogens (tertiary/aromatic N) is 1. The van der Waals surface area contributed by atoms with E-state index < -0.39 is 10.8 Å². The van der Waals surface area contributed by atoms with Gasteiger partial charge in [-0.2, -0.15) is 0 Å². The molecule has 5 heteroatoms. The Hall–Kier alpha value is -1.88. The molecule has 1 aromatic rings. The average molecular weight is 443 g/mol. The summed E-state index contributed by atoms with van der Waals surface area (Å²) in [5.74, 6) is 0.898. The van der Waals surface area contributed by atoms with Crippen molar-refractivity contribution in [1.29, 1.82) is 0 Å². The lowest BCUT2D eigenvalue weighted by Gasteiger charge is -2.43. The van der Waals surface area contributed by atoms with Crippen LogP contribution in [0.3, 0.4) is 0 Å². The van der Waals surface area contributed by atoms with Crippen LogP contribution in [0.2, 0.25) is 0 Å². The second-order valence-corrected chi connectivity index (χ2v) is 12.7. The quantitative estimate of drug-likeness (QED) is 0.376. The van der Waals surface area contributed by atoms with Gasteiger partial charge in [-0.05, 0) is 77.6 Å². The SMILES string of the molecule is CC(C)(C)C(=O)OC[N@+]1(C)C[C@]23CCCCC2C1Cc1ccc(OC(=O)C(C)(C)C)cc13. The normalized spacial score (nSPS) is 31.5. The van der Waals surface area contributed by atoms with Crippen molar-refractivity contribution in [2.45, 2.75) is 85.1 Å². The molecule has 0 N–H and O–H groups in total. The summed E-state index contributed by atoms with van der Waals surface area (Å²) in [6, 6.07) is 6.71. The maximum absolute atomic E-state index is 12.5. The minimum Gasteiger partial charge on any atom is -0.426 e. The highest BCUT2D eigenvalue weighted by Gasteiger charge is 2.64. The van der Waals surface area contributed by atoms with Crippen LogP contribution in [0, 0.1) is 16.7 Å². The van der Waals surface area contributed by atoms with Crippen molar-refractivity contribution < 1.29 is 23.5 Å². The molecule has 5 nitrogen and oxygen atoms in total. The van der Waals surface area contributed by atoms with Crippen LogP contribution < -0.4 is 4.74 Å². The summed E-state index contributed by atoms with van der Waals surface area (Å²) in [4.78, 5) is 25.0. The van der Waals surface area contributed by atoms with Crippen LogP contribution in [-0.4, -0.2) is 42.8 Å². The van der Waals surface area contributed by atoms with Gasteiger partial charge in [0.15, 0.2) is 0 Å². The fourth-order valence-electron chi connectivity index (χ4n) is 6.31. The van der Waals surface area contributed by atoms with E-state index in [1.165, 1.54) is 30.4 Å². The molecule has 32 heavy (non-hydrogen) atoms. The van der Waals surface area contributed by atoms with Crippen molar-refractivity contribution in [2.24, 2.45) is 16.7 Å². The molecule has 2 fully saturated rings. The van der Waals surface area contributed by atoms with Crippen molar-refractivity contribution in [3.63, 3.8) is 0 Å². The number of likely N-dealkylation sites (N-methyl/N-ethyl adjacent to an activating group) is 1. The van der Waals surface area contributed by atoms with E-state index in [4.69, 9.17) is 9.47 Å². The van der Waals surface area contributed by atoms with E-state index in [1.54, 1.807) is 0 Å². The van der Waals surface area contributed by atoms with E-state index in [2.05, 4.69) is 19.2 Å². The van der Waals surface area contributed by atoms with Gasteiger partial charge in [-0.3, -0.25) is 14.1 Å². The van der Waals surface area contributed by atoms with Gasteiger partial charge in [0.2, 0.25) is 6.73 Å². The van der Waals surface area contributed by atoms with Crippen LogP contribution in [0.15, 0.2) is 18.2 Å². The van der Waals surface area contributed by atoms with Gasteiger partial charge in [0.05, 0.1) is 35.9 Å². The number of esters is 2. The van der Waals surface area contributed by atoms with Crippen LogP contribution in [-0.2, 0) is 26.2 Å². The molecular weight excluding hydrogens is 402 g/mol. The van der Waals surface area contributed by atoms with Gasteiger partial charge in [0.25, 0.3) is 0 Å². The van der Waals surface area contributed by atoms with Crippen LogP contribution in [0.1, 0.15) is 78.4 Å². The maximum atomic E-state index is 12.5. The highest BCUT2D eigenvalue weighted by Crippen LogP contribution is 2.58. The van der Waals surface area contributed by atoms with E-state index in [1.807, 2.05) is 47.6 Å². The number of benzene rings is 1. The molecule has 4 atom stereocenters. The van der Waals surface area contributed by atoms with E-state index >= 15 is 0 Å². The Balaban J connectivity index is 1.66. The fourth-order valence-corrected chi connectivity index (χ4v) is 6.31. The Morgan fingerprint density at radius 1 is 1.06 bits per heavy atom. The molecule has 176 valence electrons. The van der Waals surface area contributed by atoms with Crippen LogP contribution in [0.25, 0.3) is 0 Å². The van der Waals surface area contributed by atoms with Crippen LogP contribution in [0.4, 0.5) is 0 Å². The number of rotatable bonds is 3. The lowest BCUT2D eigenvalue weighted by Crippen LogP contribution is -2.52. The topological polar surface area (TPSA) is 52.6 Å². The third-order valence-electron chi connectivity index (χ3n) is 7.98. The Kier molecular flexibility index (Phi) is 5.51. The summed E-state index contributed by atoms with van der Waals surface area (Å²) in [5, 5.41) is 0. The Labute approximate surface area is 193 Å². The van der Waals surface area contributed by atoms with Crippen molar-refractivity contribution in [3.8, 4) is 5.75 Å². The second-order valence-electron chi connectivity index (χ2n) is 12.7. The minimum atomic E-state index is -0.535. The zero-order chi connectivity index (χ0) is 23.5. The van der Waals surface area contributed by atoms with Gasteiger partial charge >= 0.3 is 11.9 Å². The fraction of sp³-hybridized carbons (Fsp3) is 0.704. The monoisotopic (exact) mass is 442 g/mol. The predicted molar refractivity (Wildman–Crippen MR) is 124 cm³/mol. The molecule has 0 spiro atoms. The molecule has 3 aliphatic rings. The van der Waals surface area contributed by atoms with Gasteiger partial charge in [0, 0.05) is 12.3 Å². The number of fused-ring (bicyclic) bond motifs is 1. The smallest absolute Gasteiger partial charge is 0.316 e. The van der Waals surface area contributed by atoms with Crippen molar-refractivity contribution in [2.75, 3.05) is 20.3 Å². The number of ether oxygens (including phenoxy) is 2. The second kappa shape index (κ2) is 7.58. The van der Waals surface area contributed by atoms with Gasteiger partial charge in [-0.15, -0.1) is 0 Å². The Morgan fingerprint density at radius 2 is 1.75 bits per heavy atom. The first-order chi connectivity index (χ1) is 14.8. The molecule has 1 heterocycles. The van der Waals surface area contributed by atoms with Gasteiger partial charge in [-0.1, -0.05) is 18.9 Å². The molecule has 1 saturated carbocycles. The summed E-state index contributed by atoms with van der Waals surface area (Å²) in [6.45, 7) is 12.8. The summed E-state index contributed by atoms with van der Waals surface area (Å²) in [5.41, 5.74) is 1.78. The molecule has 0 radical (unpaired) electrons. The first-order valence-electron chi connectivity index (χ1n) is 12.1. The van der Waals surface area contributed by atoms with Gasteiger partial charge in [0.1, 0.15) is 5.75 Å². The Morgan fingerprint density at radius 3 is 2.41 bits per heavy atom. The molecule has 1 aromatic carbocycles. The number of hydrogen-bond donors (Lipinski definition) is 0. The molecule has 4 rings (SSSR count). The lowest BCUT2D eigenvalue weighted by atomic mass is 9.58. The number of quaternary nitrogens is 1. The highest BCUT2D eigenvalue weighted by molar-refractivity contribution is 5.78. The van der Waals surface area contributed by atoms with E-state index in [0.717, 1.165) is 23.9 Å². The summed E-state index contributed by atoms with van der Waals surface area (Å²) >= 11 is 0. The third kappa shape index (κ3) is 3.87. The summed E-state index contributed by atoms with van der Waals surface area (Å²) < 4.78 is 12.4. The lowest BCUT2D eigenvalue weighted by molar-refractivity contribution is -0.939. The minimum absolute atomic E-state index is 0.0730. The molecule has 2 unspecified atom stereocenters. The maximum Gasteiger partial charge on any atom is 0.316 e. The van der Waals surface area contributed by atoms with E-state index in [9.17, 15) is 9.59 Å². The van der Waals surface area contributed by atoms with Crippen molar-refractivity contribution >= 4 is 11.9 Å². The number of carbonyl (C=O) groups is 2. The highest BCUT2D eigenvalue weighted by atomic mass is 16.6. The van der Waals surface area contributed by atoms with Gasteiger partial charge in [-0.25, -0.2) is 0 Å². The summed E-state index contributed by atoms with van der Waals surface area (Å²) in [7, 11) is 2.27. The molecular formula is C27H40NO4+. The largest absolute Gasteiger partial charge is 0.426 e. The van der Waals surface area contributed by atoms with Crippen molar-refractivity contribution in [3.05, 3.63) is 29.3 Å². The molecule has 0 aromatic heterocycles. The zero-order valence-corrected chi connectivity index (χ0v) is 20.9. The molecule has 2 bridgehead atoms. The van der Waals surface area contributed by atoms with Crippen molar-refractivity contribution in [1.82, 2.24) is 0 Å². The first kappa shape index (κ1) is 23.3. The van der Waals surface area contributed by atoms with E-state index in [0.29, 0.717) is 24.4 Å². The standard InChI is InChI=1S/C27H40NO4/c1-25(2,3)23(29)31-17-28(7)16-27-13-9-8-10-20(27)22(28)14-18-11-12-19(15-21(18)27)32-24(30)26(4,5)6/h11-12,15,20,22H,8-10,13-14,16-17H2,1-7H3/q+1/t20?,22?,27-,28+/m1/s1. The summed E-state index contributed by atoms with van der Waals surface area (Å²) in [6.07, 6.45) is 5.84. The first-order valence-corrected chi connectivity index (χ1v) is 12.1. The third-order valence-corrected chi connectivity index (χ3v) is 7.98. The van der Waals surface area contributed by atoms with Crippen LogP contribution >= 0.6 is 0 Å². The molecule has 0 amide bonds. The average Bonchev–Trinajstić information content (AvgIpc) is 2.89. The Bertz CT molecular complexity index is 925. The molecule has 1 saturated heterocycles. The zero-order valence-electron chi connectivity index (χ0n) is 20.9.